The molecule has 0 N–H and O–H groups in total. The average molecular weight is 385 g/mol. The van der Waals surface area contributed by atoms with Crippen LogP contribution in [0.4, 0.5) is 19.0 Å². The monoisotopic (exact) mass is 385 g/mol. The standard InChI is InChI=1S/C19H26F3N3O2/c20-19(21,22)15-7-8-17(23-13-15)24-9-4-10-25(12-11-24)18(26)14-27-16-5-2-1-3-6-16/h7-8,13,16H,1-6,9-12,14H2. The molecule has 2 aliphatic rings. The molecule has 2 fully saturated rings. The quantitative estimate of drug-likeness (QED) is 0.796. The maximum Gasteiger partial charge on any atom is 0.417 e. The molecule has 1 aliphatic heterocycles. The summed E-state index contributed by atoms with van der Waals surface area (Å²) in [5.74, 6) is 0.499. The molecule has 3 rings (SSSR count). The zero-order chi connectivity index (χ0) is 19.3. The molecule has 0 spiro atoms. The first kappa shape index (κ1) is 19.9. The number of hydrogen-bond donors (Lipinski definition) is 0. The largest absolute Gasteiger partial charge is 0.417 e. The number of carbonyl (C=O) groups excluding carboxylic acids is 1. The highest BCUT2D eigenvalue weighted by Gasteiger charge is 2.31. The van der Waals surface area contributed by atoms with Gasteiger partial charge in [0.25, 0.3) is 0 Å². The average Bonchev–Trinajstić information content (AvgIpc) is 2.93. The topological polar surface area (TPSA) is 45.7 Å². The molecular formula is C19H26F3N3O2. The summed E-state index contributed by atoms with van der Waals surface area (Å²) in [5, 5.41) is 0. The van der Waals surface area contributed by atoms with Crippen LogP contribution in [0.3, 0.4) is 0 Å². The van der Waals surface area contributed by atoms with E-state index in [0.717, 1.165) is 44.4 Å². The van der Waals surface area contributed by atoms with Crippen LogP contribution in [0.5, 0.6) is 0 Å². The number of aromatic nitrogens is 1. The number of nitrogens with zero attached hydrogens (tertiary/aromatic N) is 3. The van der Waals surface area contributed by atoms with Gasteiger partial charge in [0.05, 0.1) is 11.7 Å². The molecule has 5 nitrogen and oxygen atoms in total. The van der Waals surface area contributed by atoms with Crippen molar-refractivity contribution in [2.45, 2.75) is 50.8 Å². The van der Waals surface area contributed by atoms with Gasteiger partial charge in [0, 0.05) is 32.4 Å². The molecule has 2 heterocycles. The van der Waals surface area contributed by atoms with Crippen LogP contribution >= 0.6 is 0 Å². The molecular weight excluding hydrogens is 359 g/mol. The van der Waals surface area contributed by atoms with Crippen LogP contribution in [0.15, 0.2) is 18.3 Å². The zero-order valence-electron chi connectivity index (χ0n) is 15.4. The molecule has 27 heavy (non-hydrogen) atoms. The van der Waals surface area contributed by atoms with Gasteiger partial charge in [0.15, 0.2) is 0 Å². The fourth-order valence-corrected chi connectivity index (χ4v) is 3.65. The lowest BCUT2D eigenvalue weighted by Gasteiger charge is -2.25. The van der Waals surface area contributed by atoms with Gasteiger partial charge >= 0.3 is 6.18 Å². The number of alkyl halides is 3. The fraction of sp³-hybridized carbons (Fsp3) is 0.684. The summed E-state index contributed by atoms with van der Waals surface area (Å²) in [6, 6.07) is 2.45. The highest BCUT2D eigenvalue weighted by Crippen LogP contribution is 2.29. The van der Waals surface area contributed by atoms with Gasteiger partial charge in [0.1, 0.15) is 12.4 Å². The van der Waals surface area contributed by atoms with E-state index in [1.54, 1.807) is 4.90 Å². The molecule has 8 heteroatoms. The van der Waals surface area contributed by atoms with Crippen molar-refractivity contribution >= 4 is 11.7 Å². The number of ether oxygens (including phenoxy) is 1. The van der Waals surface area contributed by atoms with Crippen molar-refractivity contribution in [1.82, 2.24) is 9.88 Å². The van der Waals surface area contributed by atoms with Crippen LogP contribution in [0.1, 0.15) is 44.1 Å². The molecule has 150 valence electrons. The number of pyridine rings is 1. The van der Waals surface area contributed by atoms with Crippen molar-refractivity contribution < 1.29 is 22.7 Å². The van der Waals surface area contributed by atoms with Crippen molar-refractivity contribution in [3.05, 3.63) is 23.9 Å². The molecule has 1 aliphatic carbocycles. The van der Waals surface area contributed by atoms with E-state index in [1.165, 1.54) is 12.5 Å². The molecule has 1 aromatic rings. The summed E-state index contributed by atoms with van der Waals surface area (Å²) in [6.45, 7) is 2.47. The summed E-state index contributed by atoms with van der Waals surface area (Å²) in [7, 11) is 0. The maximum atomic E-state index is 12.7. The summed E-state index contributed by atoms with van der Waals surface area (Å²) in [4.78, 5) is 20.1. The smallest absolute Gasteiger partial charge is 0.368 e. The highest BCUT2D eigenvalue weighted by molar-refractivity contribution is 5.77. The van der Waals surface area contributed by atoms with Crippen LogP contribution < -0.4 is 4.90 Å². The minimum Gasteiger partial charge on any atom is -0.368 e. The fourth-order valence-electron chi connectivity index (χ4n) is 3.65. The third-order valence-corrected chi connectivity index (χ3v) is 5.24. The molecule has 0 atom stereocenters. The van der Waals surface area contributed by atoms with E-state index in [2.05, 4.69) is 4.98 Å². The van der Waals surface area contributed by atoms with E-state index in [9.17, 15) is 18.0 Å². The van der Waals surface area contributed by atoms with Crippen LogP contribution in [0, 0.1) is 0 Å². The van der Waals surface area contributed by atoms with Gasteiger partial charge in [-0.3, -0.25) is 4.79 Å². The Morgan fingerprint density at radius 3 is 2.52 bits per heavy atom. The molecule has 1 saturated heterocycles. The van der Waals surface area contributed by atoms with Crippen LogP contribution in [-0.4, -0.2) is 54.7 Å². The summed E-state index contributed by atoms with van der Waals surface area (Å²) >= 11 is 0. The van der Waals surface area contributed by atoms with E-state index in [0.29, 0.717) is 32.0 Å². The lowest BCUT2D eigenvalue weighted by Crippen LogP contribution is -2.38. The molecule has 1 aromatic heterocycles. The molecule has 0 bridgehead atoms. The SMILES string of the molecule is O=C(COC1CCCCC1)N1CCCN(c2ccc(C(F)(F)F)cn2)CC1. The Bertz CT molecular complexity index is 616. The first-order chi connectivity index (χ1) is 12.9. The Morgan fingerprint density at radius 1 is 1.07 bits per heavy atom. The van der Waals surface area contributed by atoms with E-state index >= 15 is 0 Å². The Kier molecular flexibility index (Phi) is 6.57. The van der Waals surface area contributed by atoms with E-state index in [4.69, 9.17) is 4.74 Å². The van der Waals surface area contributed by atoms with E-state index in [-0.39, 0.29) is 18.6 Å². The molecule has 1 saturated carbocycles. The summed E-state index contributed by atoms with van der Waals surface area (Å²) < 4.78 is 43.8. The minimum atomic E-state index is -4.38. The first-order valence-electron chi connectivity index (χ1n) is 9.61. The third-order valence-electron chi connectivity index (χ3n) is 5.24. The van der Waals surface area contributed by atoms with E-state index < -0.39 is 11.7 Å². The van der Waals surface area contributed by atoms with Crippen molar-refractivity contribution in [2.24, 2.45) is 0 Å². The lowest BCUT2D eigenvalue weighted by molar-refractivity contribution is -0.139. The summed E-state index contributed by atoms with van der Waals surface area (Å²) in [5.41, 5.74) is -0.752. The van der Waals surface area contributed by atoms with Gasteiger partial charge in [-0.2, -0.15) is 13.2 Å². The molecule has 0 aromatic carbocycles. The maximum absolute atomic E-state index is 12.7. The number of rotatable bonds is 4. The Balaban J connectivity index is 1.50. The Hall–Kier alpha value is -1.83. The normalized spacial score (nSPS) is 19.8. The number of carbonyl (C=O) groups is 1. The number of amides is 1. The molecule has 0 radical (unpaired) electrons. The van der Waals surface area contributed by atoms with Crippen molar-refractivity contribution in [2.75, 3.05) is 37.7 Å². The van der Waals surface area contributed by atoms with Crippen LogP contribution in [0.25, 0.3) is 0 Å². The second kappa shape index (κ2) is 8.91. The van der Waals surface area contributed by atoms with Gasteiger partial charge in [-0.05, 0) is 31.4 Å². The van der Waals surface area contributed by atoms with Gasteiger partial charge in [-0.1, -0.05) is 19.3 Å². The van der Waals surface area contributed by atoms with Crippen molar-refractivity contribution in [3.63, 3.8) is 0 Å². The molecule has 1 amide bonds. The predicted octanol–water partition coefficient (Wildman–Crippen LogP) is 3.49. The lowest BCUT2D eigenvalue weighted by atomic mass is 9.98. The minimum absolute atomic E-state index is 0.0113. The first-order valence-corrected chi connectivity index (χ1v) is 9.61. The van der Waals surface area contributed by atoms with Gasteiger partial charge in [0.2, 0.25) is 5.91 Å². The van der Waals surface area contributed by atoms with Crippen LogP contribution in [-0.2, 0) is 15.7 Å². The van der Waals surface area contributed by atoms with Gasteiger partial charge < -0.3 is 14.5 Å². The third kappa shape index (κ3) is 5.57. The van der Waals surface area contributed by atoms with Gasteiger partial charge in [-0.15, -0.1) is 0 Å². The predicted molar refractivity (Wildman–Crippen MR) is 95.5 cm³/mol. The summed E-state index contributed by atoms with van der Waals surface area (Å²) in [6.07, 6.45) is 3.05. The number of anilines is 1. The van der Waals surface area contributed by atoms with Crippen molar-refractivity contribution in [3.8, 4) is 0 Å². The zero-order valence-corrected chi connectivity index (χ0v) is 15.4. The Morgan fingerprint density at radius 2 is 1.85 bits per heavy atom. The second-order valence-corrected chi connectivity index (χ2v) is 7.20. The highest BCUT2D eigenvalue weighted by atomic mass is 19.4. The van der Waals surface area contributed by atoms with Crippen molar-refractivity contribution in [1.29, 1.82) is 0 Å². The number of halogens is 3. The van der Waals surface area contributed by atoms with Gasteiger partial charge in [-0.25, -0.2) is 4.98 Å². The second-order valence-electron chi connectivity index (χ2n) is 7.20. The molecule has 0 unspecified atom stereocenters. The van der Waals surface area contributed by atoms with E-state index in [1.807, 2.05) is 4.90 Å². The Labute approximate surface area is 157 Å². The van der Waals surface area contributed by atoms with Crippen LogP contribution in [0.2, 0.25) is 0 Å². The number of hydrogen-bond acceptors (Lipinski definition) is 4.